The highest BCUT2D eigenvalue weighted by atomic mass is 19.1. The van der Waals surface area contributed by atoms with E-state index >= 15 is 0 Å². The molecule has 0 radical (unpaired) electrons. The SMILES string of the molecule is CC(C)N(CC(=O)O)c1ccc(C#N)cc1F. The standard InChI is InChI=1S/C12H13FN2O2/c1-8(2)15(7-12(16)17)11-4-3-9(6-14)5-10(11)13/h3-5,8H,7H2,1-2H3,(H,16,17). The van der Waals surface area contributed by atoms with Gasteiger partial charge in [0.2, 0.25) is 0 Å². The van der Waals surface area contributed by atoms with Crippen molar-refractivity contribution < 1.29 is 14.3 Å². The normalized spacial score (nSPS) is 10.1. The third-order valence-electron chi connectivity index (χ3n) is 2.32. The average Bonchev–Trinajstić information content (AvgIpc) is 2.25. The van der Waals surface area contributed by atoms with Crippen LogP contribution in [-0.2, 0) is 4.79 Å². The van der Waals surface area contributed by atoms with Crippen molar-refractivity contribution in [3.8, 4) is 6.07 Å². The highest BCUT2D eigenvalue weighted by Crippen LogP contribution is 2.22. The highest BCUT2D eigenvalue weighted by Gasteiger charge is 2.17. The van der Waals surface area contributed by atoms with Crippen molar-refractivity contribution in [1.82, 2.24) is 0 Å². The van der Waals surface area contributed by atoms with Gasteiger partial charge in [-0.25, -0.2) is 4.39 Å². The Morgan fingerprint density at radius 2 is 2.24 bits per heavy atom. The molecule has 0 saturated carbocycles. The van der Waals surface area contributed by atoms with Crippen molar-refractivity contribution in [2.45, 2.75) is 19.9 Å². The van der Waals surface area contributed by atoms with E-state index in [4.69, 9.17) is 10.4 Å². The molecule has 0 bridgehead atoms. The summed E-state index contributed by atoms with van der Waals surface area (Å²) < 4.78 is 13.7. The maximum atomic E-state index is 13.7. The lowest BCUT2D eigenvalue weighted by Crippen LogP contribution is -2.36. The van der Waals surface area contributed by atoms with Crippen molar-refractivity contribution in [3.05, 3.63) is 29.6 Å². The molecule has 0 atom stereocenters. The van der Waals surface area contributed by atoms with Crippen molar-refractivity contribution in [3.63, 3.8) is 0 Å². The number of hydrogen-bond acceptors (Lipinski definition) is 3. The number of hydrogen-bond donors (Lipinski definition) is 1. The summed E-state index contributed by atoms with van der Waals surface area (Å²) >= 11 is 0. The number of anilines is 1. The Kier molecular flexibility index (Phi) is 4.05. The van der Waals surface area contributed by atoms with Crippen LogP contribution >= 0.6 is 0 Å². The minimum absolute atomic E-state index is 0.145. The Morgan fingerprint density at radius 1 is 1.59 bits per heavy atom. The van der Waals surface area contributed by atoms with E-state index in [2.05, 4.69) is 0 Å². The molecule has 0 unspecified atom stereocenters. The summed E-state index contributed by atoms with van der Waals surface area (Å²) in [5.74, 6) is -1.61. The fourth-order valence-corrected chi connectivity index (χ4v) is 1.50. The molecule has 0 saturated heterocycles. The summed E-state index contributed by atoms with van der Waals surface area (Å²) in [6, 6.07) is 5.68. The first kappa shape index (κ1) is 13.0. The molecule has 0 fully saturated rings. The van der Waals surface area contributed by atoms with Crippen molar-refractivity contribution in [2.24, 2.45) is 0 Å². The molecule has 0 aromatic heterocycles. The topological polar surface area (TPSA) is 64.3 Å². The van der Waals surface area contributed by atoms with Gasteiger partial charge in [-0.2, -0.15) is 5.26 Å². The summed E-state index contributed by atoms with van der Waals surface area (Å²) in [7, 11) is 0. The minimum atomic E-state index is -1.03. The van der Waals surface area contributed by atoms with Gasteiger partial charge >= 0.3 is 5.97 Å². The van der Waals surface area contributed by atoms with Crippen molar-refractivity contribution >= 4 is 11.7 Å². The van der Waals surface area contributed by atoms with Gasteiger partial charge in [0.1, 0.15) is 12.4 Å². The molecule has 0 heterocycles. The lowest BCUT2D eigenvalue weighted by molar-refractivity contribution is -0.135. The highest BCUT2D eigenvalue weighted by molar-refractivity contribution is 5.74. The quantitative estimate of drug-likeness (QED) is 0.868. The number of rotatable bonds is 4. The summed E-state index contributed by atoms with van der Waals surface area (Å²) in [5, 5.41) is 17.4. The molecular formula is C12H13FN2O2. The van der Waals surface area contributed by atoms with E-state index in [0.29, 0.717) is 0 Å². The fraction of sp³-hybridized carbons (Fsp3) is 0.333. The van der Waals surface area contributed by atoms with Gasteiger partial charge in [0.05, 0.1) is 17.3 Å². The first-order chi connectivity index (χ1) is 7.95. The largest absolute Gasteiger partial charge is 0.480 e. The summed E-state index contributed by atoms with van der Waals surface area (Å²) in [4.78, 5) is 12.1. The minimum Gasteiger partial charge on any atom is -0.480 e. The van der Waals surface area contributed by atoms with Gasteiger partial charge in [0.15, 0.2) is 0 Å². The number of nitrogens with zero attached hydrogens (tertiary/aromatic N) is 2. The molecule has 17 heavy (non-hydrogen) atoms. The van der Waals surface area contributed by atoms with E-state index in [9.17, 15) is 9.18 Å². The van der Waals surface area contributed by atoms with E-state index < -0.39 is 11.8 Å². The molecule has 1 aromatic rings. The molecule has 0 aliphatic carbocycles. The Hall–Kier alpha value is -2.09. The van der Waals surface area contributed by atoms with Crippen LogP contribution in [-0.4, -0.2) is 23.7 Å². The van der Waals surface area contributed by atoms with Gasteiger partial charge in [-0.15, -0.1) is 0 Å². The maximum absolute atomic E-state index is 13.7. The van der Waals surface area contributed by atoms with Crippen LogP contribution in [0.2, 0.25) is 0 Å². The van der Waals surface area contributed by atoms with Crippen LogP contribution in [0.3, 0.4) is 0 Å². The number of benzene rings is 1. The Bertz CT molecular complexity index is 466. The number of aliphatic carboxylic acids is 1. The van der Waals surface area contributed by atoms with Crippen LogP contribution in [0.15, 0.2) is 18.2 Å². The number of carboxylic acids is 1. The molecule has 0 spiro atoms. The third-order valence-corrected chi connectivity index (χ3v) is 2.32. The Morgan fingerprint density at radius 3 is 2.65 bits per heavy atom. The summed E-state index contributed by atoms with van der Waals surface area (Å²) in [6.45, 7) is 3.28. The second kappa shape index (κ2) is 5.30. The predicted octanol–water partition coefficient (Wildman–Crippen LogP) is 2.00. The third kappa shape index (κ3) is 3.18. The Labute approximate surface area is 98.9 Å². The van der Waals surface area contributed by atoms with Crippen molar-refractivity contribution in [1.29, 1.82) is 5.26 Å². The van der Waals surface area contributed by atoms with Gasteiger partial charge in [-0.3, -0.25) is 4.79 Å². The number of nitriles is 1. The lowest BCUT2D eigenvalue weighted by Gasteiger charge is -2.27. The molecule has 1 rings (SSSR count). The molecule has 1 N–H and O–H groups in total. The van der Waals surface area contributed by atoms with Gasteiger partial charge in [-0.1, -0.05) is 0 Å². The fourth-order valence-electron chi connectivity index (χ4n) is 1.50. The zero-order chi connectivity index (χ0) is 13.0. The van der Waals surface area contributed by atoms with Crippen LogP contribution in [0.1, 0.15) is 19.4 Å². The lowest BCUT2D eigenvalue weighted by atomic mass is 10.1. The molecule has 90 valence electrons. The van der Waals surface area contributed by atoms with Crippen LogP contribution in [0, 0.1) is 17.1 Å². The summed E-state index contributed by atoms with van der Waals surface area (Å²) in [5.41, 5.74) is 0.409. The first-order valence-corrected chi connectivity index (χ1v) is 5.13. The van der Waals surface area contributed by atoms with Crippen LogP contribution in [0.25, 0.3) is 0 Å². The van der Waals surface area contributed by atoms with Gasteiger partial charge in [-0.05, 0) is 32.0 Å². The van der Waals surface area contributed by atoms with E-state index in [1.807, 2.05) is 6.07 Å². The van der Waals surface area contributed by atoms with Crippen LogP contribution in [0.4, 0.5) is 10.1 Å². The zero-order valence-corrected chi connectivity index (χ0v) is 9.64. The molecule has 0 aliphatic heterocycles. The summed E-state index contributed by atoms with van der Waals surface area (Å²) in [6.07, 6.45) is 0. The van der Waals surface area contributed by atoms with E-state index in [1.54, 1.807) is 13.8 Å². The second-order valence-electron chi connectivity index (χ2n) is 3.89. The number of carbonyl (C=O) groups is 1. The monoisotopic (exact) mass is 236 g/mol. The van der Waals surface area contributed by atoms with Crippen LogP contribution < -0.4 is 4.90 Å². The molecule has 0 aliphatic rings. The molecule has 4 nitrogen and oxygen atoms in total. The Balaban J connectivity index is 3.11. The number of halogens is 1. The smallest absolute Gasteiger partial charge is 0.323 e. The van der Waals surface area contributed by atoms with Gasteiger partial charge in [0.25, 0.3) is 0 Å². The van der Waals surface area contributed by atoms with E-state index in [1.165, 1.54) is 17.0 Å². The van der Waals surface area contributed by atoms with Gasteiger partial charge in [0, 0.05) is 6.04 Å². The molecule has 1 aromatic carbocycles. The van der Waals surface area contributed by atoms with Crippen LogP contribution in [0.5, 0.6) is 0 Å². The molecule has 0 amide bonds. The van der Waals surface area contributed by atoms with Crippen molar-refractivity contribution in [2.75, 3.05) is 11.4 Å². The predicted molar refractivity (Wildman–Crippen MR) is 61.2 cm³/mol. The average molecular weight is 236 g/mol. The molecule has 5 heteroatoms. The second-order valence-corrected chi connectivity index (χ2v) is 3.89. The zero-order valence-electron chi connectivity index (χ0n) is 9.64. The van der Waals surface area contributed by atoms with Gasteiger partial charge < -0.3 is 10.0 Å². The number of carboxylic acid groups (broad SMARTS) is 1. The van der Waals surface area contributed by atoms with E-state index in [0.717, 1.165) is 6.07 Å². The first-order valence-electron chi connectivity index (χ1n) is 5.13. The van der Waals surface area contributed by atoms with E-state index in [-0.39, 0.29) is 23.8 Å². The molecular weight excluding hydrogens is 223 g/mol. The maximum Gasteiger partial charge on any atom is 0.323 e.